The SMILES string of the molecule is CCCNC(CC1CCC1)c1cc(OC)cs1. The Bertz CT molecular complexity index is 333. The van der Waals surface area contributed by atoms with E-state index < -0.39 is 0 Å². The van der Waals surface area contributed by atoms with Crippen molar-refractivity contribution in [3.8, 4) is 5.75 Å². The van der Waals surface area contributed by atoms with Gasteiger partial charge in [-0.1, -0.05) is 26.2 Å². The molecular formula is C14H23NOS. The second kappa shape index (κ2) is 6.41. The molecule has 0 bridgehead atoms. The van der Waals surface area contributed by atoms with Gasteiger partial charge in [-0.3, -0.25) is 0 Å². The number of rotatable bonds is 7. The van der Waals surface area contributed by atoms with Crippen molar-refractivity contribution >= 4 is 11.3 Å². The quantitative estimate of drug-likeness (QED) is 0.793. The summed E-state index contributed by atoms with van der Waals surface area (Å²) in [6, 6.07) is 2.73. The first-order valence-electron chi connectivity index (χ1n) is 6.69. The lowest BCUT2D eigenvalue weighted by molar-refractivity contribution is 0.262. The highest BCUT2D eigenvalue weighted by atomic mass is 32.1. The van der Waals surface area contributed by atoms with Crippen LogP contribution in [0.3, 0.4) is 0 Å². The molecule has 3 heteroatoms. The molecule has 96 valence electrons. The molecule has 1 saturated carbocycles. The van der Waals surface area contributed by atoms with E-state index in [4.69, 9.17) is 4.74 Å². The Labute approximate surface area is 108 Å². The number of ether oxygens (including phenoxy) is 1. The van der Waals surface area contributed by atoms with Crippen LogP contribution >= 0.6 is 11.3 Å². The summed E-state index contributed by atoms with van der Waals surface area (Å²) in [5, 5.41) is 5.78. The minimum absolute atomic E-state index is 0.536. The van der Waals surface area contributed by atoms with Gasteiger partial charge in [0.15, 0.2) is 0 Å². The third kappa shape index (κ3) is 3.46. The van der Waals surface area contributed by atoms with E-state index in [1.807, 2.05) is 11.3 Å². The molecule has 2 nitrogen and oxygen atoms in total. The summed E-state index contributed by atoms with van der Waals surface area (Å²) in [5.41, 5.74) is 0. The first-order chi connectivity index (χ1) is 8.33. The van der Waals surface area contributed by atoms with Gasteiger partial charge in [-0.25, -0.2) is 0 Å². The van der Waals surface area contributed by atoms with Gasteiger partial charge in [0.05, 0.1) is 7.11 Å². The van der Waals surface area contributed by atoms with Crippen LogP contribution in [-0.2, 0) is 0 Å². The Kier molecular flexibility index (Phi) is 4.86. The second-order valence-electron chi connectivity index (χ2n) is 4.93. The van der Waals surface area contributed by atoms with Gasteiger partial charge in [0.25, 0.3) is 0 Å². The molecule has 0 saturated heterocycles. The fraction of sp³-hybridized carbons (Fsp3) is 0.714. The van der Waals surface area contributed by atoms with Crippen molar-refractivity contribution in [2.45, 2.75) is 45.1 Å². The Morgan fingerprint density at radius 2 is 2.35 bits per heavy atom. The van der Waals surface area contributed by atoms with Gasteiger partial charge in [0.1, 0.15) is 5.75 Å². The predicted octanol–water partition coefficient (Wildman–Crippen LogP) is 3.99. The monoisotopic (exact) mass is 253 g/mol. The molecule has 2 rings (SSSR count). The van der Waals surface area contributed by atoms with Crippen molar-refractivity contribution in [1.82, 2.24) is 5.32 Å². The molecule has 1 aliphatic carbocycles. The Hall–Kier alpha value is -0.540. The van der Waals surface area contributed by atoms with Gasteiger partial charge >= 0.3 is 0 Å². The number of methoxy groups -OCH3 is 1. The van der Waals surface area contributed by atoms with Crippen molar-refractivity contribution < 1.29 is 4.74 Å². The van der Waals surface area contributed by atoms with Crippen molar-refractivity contribution in [3.05, 3.63) is 16.3 Å². The topological polar surface area (TPSA) is 21.3 Å². The fourth-order valence-electron chi connectivity index (χ4n) is 2.30. The van der Waals surface area contributed by atoms with Gasteiger partial charge in [-0.15, -0.1) is 11.3 Å². The summed E-state index contributed by atoms with van der Waals surface area (Å²) < 4.78 is 5.28. The first-order valence-corrected chi connectivity index (χ1v) is 7.57. The average molecular weight is 253 g/mol. The zero-order chi connectivity index (χ0) is 12.1. The lowest BCUT2D eigenvalue weighted by atomic mass is 9.80. The van der Waals surface area contributed by atoms with E-state index in [1.54, 1.807) is 7.11 Å². The average Bonchev–Trinajstić information content (AvgIpc) is 2.75. The van der Waals surface area contributed by atoms with Crippen LogP contribution in [0.1, 0.15) is 49.9 Å². The zero-order valence-electron chi connectivity index (χ0n) is 10.9. The van der Waals surface area contributed by atoms with E-state index in [2.05, 4.69) is 23.7 Å². The zero-order valence-corrected chi connectivity index (χ0v) is 11.7. The molecule has 0 aliphatic heterocycles. The molecule has 0 aromatic carbocycles. The van der Waals surface area contributed by atoms with E-state index >= 15 is 0 Å². The van der Waals surface area contributed by atoms with Gasteiger partial charge in [-0.05, 0) is 31.4 Å². The number of thiophene rings is 1. The fourth-order valence-corrected chi connectivity index (χ4v) is 3.25. The highest BCUT2D eigenvalue weighted by molar-refractivity contribution is 7.10. The molecule has 1 aromatic heterocycles. The minimum atomic E-state index is 0.536. The smallest absolute Gasteiger partial charge is 0.129 e. The first kappa shape index (κ1) is 12.9. The van der Waals surface area contributed by atoms with Crippen LogP contribution in [0.4, 0.5) is 0 Å². The second-order valence-corrected chi connectivity index (χ2v) is 5.87. The van der Waals surface area contributed by atoms with Gasteiger partial charge < -0.3 is 10.1 Å². The van der Waals surface area contributed by atoms with Crippen molar-refractivity contribution in [3.63, 3.8) is 0 Å². The van der Waals surface area contributed by atoms with Crippen molar-refractivity contribution in [2.24, 2.45) is 5.92 Å². The summed E-state index contributed by atoms with van der Waals surface area (Å²) in [5.74, 6) is 1.94. The van der Waals surface area contributed by atoms with Crippen molar-refractivity contribution in [1.29, 1.82) is 0 Å². The molecule has 0 amide bonds. The van der Waals surface area contributed by atoms with E-state index in [0.29, 0.717) is 6.04 Å². The van der Waals surface area contributed by atoms with E-state index in [0.717, 1.165) is 18.2 Å². The summed E-state index contributed by atoms with van der Waals surface area (Å²) in [4.78, 5) is 1.43. The number of hydrogen-bond acceptors (Lipinski definition) is 3. The third-order valence-electron chi connectivity index (χ3n) is 3.61. The number of nitrogens with one attached hydrogen (secondary N) is 1. The molecule has 1 atom stereocenters. The maximum absolute atomic E-state index is 5.28. The van der Waals surface area contributed by atoms with Crippen LogP contribution < -0.4 is 10.1 Å². The Balaban J connectivity index is 1.96. The highest BCUT2D eigenvalue weighted by Crippen LogP contribution is 2.37. The van der Waals surface area contributed by atoms with Crippen molar-refractivity contribution in [2.75, 3.05) is 13.7 Å². The molecule has 0 radical (unpaired) electrons. The van der Waals surface area contributed by atoms with E-state index in [-0.39, 0.29) is 0 Å². The van der Waals surface area contributed by atoms with Crippen LogP contribution in [0.5, 0.6) is 5.75 Å². The minimum Gasteiger partial charge on any atom is -0.496 e. The lowest BCUT2D eigenvalue weighted by Gasteiger charge is -2.29. The maximum Gasteiger partial charge on any atom is 0.129 e. The molecular weight excluding hydrogens is 230 g/mol. The van der Waals surface area contributed by atoms with Gasteiger partial charge in [-0.2, -0.15) is 0 Å². The van der Waals surface area contributed by atoms with Crippen LogP contribution in [0, 0.1) is 5.92 Å². The summed E-state index contributed by atoms with van der Waals surface area (Å²) in [6.45, 7) is 3.33. The van der Waals surface area contributed by atoms with Crippen LogP contribution in [0.2, 0.25) is 0 Å². The third-order valence-corrected chi connectivity index (χ3v) is 4.63. The van der Waals surface area contributed by atoms with Crippen LogP contribution in [0.25, 0.3) is 0 Å². The molecule has 1 heterocycles. The molecule has 1 aliphatic rings. The molecule has 17 heavy (non-hydrogen) atoms. The summed E-state index contributed by atoms with van der Waals surface area (Å²) in [7, 11) is 1.74. The number of hydrogen-bond donors (Lipinski definition) is 1. The molecule has 0 spiro atoms. The summed E-state index contributed by atoms with van der Waals surface area (Å²) >= 11 is 1.82. The Morgan fingerprint density at radius 1 is 1.53 bits per heavy atom. The van der Waals surface area contributed by atoms with Crippen LogP contribution in [0.15, 0.2) is 11.4 Å². The highest BCUT2D eigenvalue weighted by Gasteiger charge is 2.23. The molecule has 1 unspecified atom stereocenters. The van der Waals surface area contributed by atoms with Crippen LogP contribution in [-0.4, -0.2) is 13.7 Å². The molecule has 1 aromatic rings. The maximum atomic E-state index is 5.28. The van der Waals surface area contributed by atoms with E-state index in [1.165, 1.54) is 37.0 Å². The lowest BCUT2D eigenvalue weighted by Crippen LogP contribution is -2.26. The van der Waals surface area contributed by atoms with Gasteiger partial charge in [0.2, 0.25) is 0 Å². The van der Waals surface area contributed by atoms with E-state index in [9.17, 15) is 0 Å². The molecule has 1 fully saturated rings. The normalized spacial score (nSPS) is 17.8. The summed E-state index contributed by atoms with van der Waals surface area (Å²) in [6.07, 6.45) is 6.77. The molecule has 1 N–H and O–H groups in total. The largest absolute Gasteiger partial charge is 0.496 e. The van der Waals surface area contributed by atoms with Gasteiger partial charge in [0, 0.05) is 16.3 Å². The standard InChI is InChI=1S/C14H23NOS/c1-3-7-15-13(8-11-5-4-6-11)14-9-12(16-2)10-17-14/h9-11,13,15H,3-8H2,1-2H3. The Morgan fingerprint density at radius 3 is 2.88 bits per heavy atom. The predicted molar refractivity (Wildman–Crippen MR) is 73.9 cm³/mol.